The first kappa shape index (κ1) is 15.8. The molecule has 20 heavy (non-hydrogen) atoms. The van der Waals surface area contributed by atoms with Gasteiger partial charge in [0.15, 0.2) is 0 Å². The minimum atomic E-state index is 0.649. The molecule has 0 spiro atoms. The Morgan fingerprint density at radius 1 is 0.900 bits per heavy atom. The van der Waals surface area contributed by atoms with E-state index >= 15 is 0 Å². The quantitative estimate of drug-likeness (QED) is 0.727. The average molecular weight is 276 g/mol. The van der Waals surface area contributed by atoms with Crippen molar-refractivity contribution in [2.75, 3.05) is 26.2 Å². The molecule has 2 rings (SSSR count). The molecule has 0 saturated heterocycles. The third-order valence-corrected chi connectivity index (χ3v) is 4.89. The second kappa shape index (κ2) is 7.42. The molecule has 0 aromatic rings. The maximum absolute atomic E-state index is 2.65. The Hall–Kier alpha value is -0.600. The molecule has 2 nitrogen and oxygen atoms in total. The van der Waals surface area contributed by atoms with E-state index in [-0.39, 0.29) is 0 Å². The highest BCUT2D eigenvalue weighted by atomic mass is 15.2. The van der Waals surface area contributed by atoms with Crippen LogP contribution in [-0.4, -0.2) is 48.1 Å². The van der Waals surface area contributed by atoms with Gasteiger partial charge in [0, 0.05) is 38.3 Å². The summed E-state index contributed by atoms with van der Waals surface area (Å²) < 4.78 is 0. The second-order valence-electron chi connectivity index (χ2n) is 6.98. The topological polar surface area (TPSA) is 6.48 Å². The molecule has 0 amide bonds. The Morgan fingerprint density at radius 3 is 2.35 bits per heavy atom. The van der Waals surface area contributed by atoms with E-state index < -0.39 is 0 Å². The Morgan fingerprint density at radius 2 is 1.65 bits per heavy atom. The van der Waals surface area contributed by atoms with Crippen LogP contribution in [0.1, 0.15) is 40.5 Å². The van der Waals surface area contributed by atoms with Crippen LogP contribution in [0, 0.1) is 11.8 Å². The predicted molar refractivity (Wildman–Crippen MR) is 87.9 cm³/mol. The van der Waals surface area contributed by atoms with E-state index in [0.717, 1.165) is 12.5 Å². The van der Waals surface area contributed by atoms with E-state index in [2.05, 4.69) is 61.8 Å². The SMILES string of the molecule is CC(C)N1CCC=CC(C2CC=CCN(C(C)C)C2)C1. The molecule has 0 aliphatic carbocycles. The van der Waals surface area contributed by atoms with Gasteiger partial charge in [-0.05, 0) is 52.4 Å². The minimum Gasteiger partial charge on any atom is -0.300 e. The summed E-state index contributed by atoms with van der Waals surface area (Å²) in [5.41, 5.74) is 0. The molecule has 114 valence electrons. The van der Waals surface area contributed by atoms with E-state index in [1.165, 1.54) is 32.5 Å². The largest absolute Gasteiger partial charge is 0.300 e. The van der Waals surface area contributed by atoms with E-state index in [4.69, 9.17) is 0 Å². The summed E-state index contributed by atoms with van der Waals surface area (Å²) in [5.74, 6) is 1.48. The van der Waals surface area contributed by atoms with Gasteiger partial charge in [-0.25, -0.2) is 0 Å². The summed E-state index contributed by atoms with van der Waals surface area (Å²) in [6.45, 7) is 14.1. The molecule has 2 aliphatic rings. The molecule has 2 heterocycles. The highest BCUT2D eigenvalue weighted by Gasteiger charge is 2.27. The first-order valence-corrected chi connectivity index (χ1v) is 8.37. The van der Waals surface area contributed by atoms with Crippen molar-refractivity contribution >= 4 is 0 Å². The number of hydrogen-bond acceptors (Lipinski definition) is 2. The van der Waals surface area contributed by atoms with Crippen LogP contribution in [0.5, 0.6) is 0 Å². The Kier molecular flexibility index (Phi) is 5.86. The van der Waals surface area contributed by atoms with Crippen molar-refractivity contribution in [3.63, 3.8) is 0 Å². The molecule has 0 fully saturated rings. The summed E-state index contributed by atoms with van der Waals surface area (Å²) in [6, 6.07) is 1.32. The van der Waals surface area contributed by atoms with Gasteiger partial charge in [-0.15, -0.1) is 0 Å². The van der Waals surface area contributed by atoms with Crippen LogP contribution in [0.4, 0.5) is 0 Å². The van der Waals surface area contributed by atoms with Crippen molar-refractivity contribution in [3.05, 3.63) is 24.3 Å². The summed E-state index contributed by atoms with van der Waals surface area (Å²) in [4.78, 5) is 5.27. The fraction of sp³-hybridized carbons (Fsp3) is 0.778. The number of hydrogen-bond donors (Lipinski definition) is 0. The van der Waals surface area contributed by atoms with Gasteiger partial charge in [0.2, 0.25) is 0 Å². The Labute approximate surface area is 125 Å². The lowest BCUT2D eigenvalue weighted by atomic mass is 9.88. The maximum Gasteiger partial charge on any atom is 0.0166 e. The smallest absolute Gasteiger partial charge is 0.0166 e. The zero-order valence-electron chi connectivity index (χ0n) is 13.8. The van der Waals surface area contributed by atoms with E-state index in [0.29, 0.717) is 18.0 Å². The Bertz CT molecular complexity index is 343. The predicted octanol–water partition coefficient (Wildman–Crippen LogP) is 3.56. The average Bonchev–Trinajstić information content (AvgIpc) is 2.79. The molecule has 0 aromatic heterocycles. The highest BCUT2D eigenvalue weighted by Crippen LogP contribution is 2.26. The fourth-order valence-corrected chi connectivity index (χ4v) is 3.37. The summed E-state index contributed by atoms with van der Waals surface area (Å²) in [5, 5.41) is 0. The molecule has 2 heteroatoms. The van der Waals surface area contributed by atoms with Gasteiger partial charge < -0.3 is 4.90 Å². The van der Waals surface area contributed by atoms with Gasteiger partial charge >= 0.3 is 0 Å². The third-order valence-electron chi connectivity index (χ3n) is 4.89. The van der Waals surface area contributed by atoms with Crippen molar-refractivity contribution in [2.45, 2.75) is 52.6 Å². The second-order valence-corrected chi connectivity index (χ2v) is 6.98. The lowest BCUT2D eigenvalue weighted by Gasteiger charge is -2.34. The monoisotopic (exact) mass is 276 g/mol. The van der Waals surface area contributed by atoms with Gasteiger partial charge in [-0.3, -0.25) is 4.90 Å². The molecule has 2 aliphatic heterocycles. The number of nitrogens with zero attached hydrogens (tertiary/aromatic N) is 2. The molecule has 0 bridgehead atoms. The van der Waals surface area contributed by atoms with Crippen LogP contribution in [0.3, 0.4) is 0 Å². The summed E-state index contributed by atoms with van der Waals surface area (Å²) in [7, 11) is 0. The highest BCUT2D eigenvalue weighted by molar-refractivity contribution is 5.02. The van der Waals surface area contributed by atoms with Gasteiger partial charge in [0.25, 0.3) is 0 Å². The normalized spacial score (nSPS) is 29.9. The fourth-order valence-electron chi connectivity index (χ4n) is 3.37. The first-order valence-electron chi connectivity index (χ1n) is 8.37. The maximum atomic E-state index is 2.65. The molecule has 0 saturated carbocycles. The van der Waals surface area contributed by atoms with E-state index in [1.54, 1.807) is 0 Å². The molecule has 0 N–H and O–H groups in total. The number of rotatable bonds is 3. The zero-order chi connectivity index (χ0) is 14.5. The van der Waals surface area contributed by atoms with Gasteiger partial charge in [0.1, 0.15) is 0 Å². The van der Waals surface area contributed by atoms with Crippen LogP contribution in [0.2, 0.25) is 0 Å². The lowest BCUT2D eigenvalue weighted by molar-refractivity contribution is 0.149. The van der Waals surface area contributed by atoms with Crippen LogP contribution >= 0.6 is 0 Å². The molecule has 2 atom stereocenters. The standard InChI is InChI=1S/C18H32N2/c1-15(2)19-11-7-5-9-17(13-19)18-10-6-8-12-20(14-18)16(3)4/h5-7,10,15-18H,8-9,11-14H2,1-4H3. The van der Waals surface area contributed by atoms with Crippen LogP contribution in [0.25, 0.3) is 0 Å². The van der Waals surface area contributed by atoms with Crippen molar-refractivity contribution in [1.29, 1.82) is 0 Å². The van der Waals surface area contributed by atoms with Crippen molar-refractivity contribution in [1.82, 2.24) is 9.80 Å². The molecule has 0 aromatic carbocycles. The lowest BCUT2D eigenvalue weighted by Crippen LogP contribution is -2.40. The molecular weight excluding hydrogens is 244 g/mol. The molecule has 2 unspecified atom stereocenters. The first-order chi connectivity index (χ1) is 9.58. The van der Waals surface area contributed by atoms with Crippen LogP contribution < -0.4 is 0 Å². The van der Waals surface area contributed by atoms with E-state index in [9.17, 15) is 0 Å². The molecular formula is C18H32N2. The molecule has 0 radical (unpaired) electrons. The van der Waals surface area contributed by atoms with Crippen molar-refractivity contribution in [2.24, 2.45) is 11.8 Å². The van der Waals surface area contributed by atoms with Crippen LogP contribution in [-0.2, 0) is 0 Å². The van der Waals surface area contributed by atoms with Crippen molar-refractivity contribution < 1.29 is 0 Å². The zero-order valence-corrected chi connectivity index (χ0v) is 13.8. The number of allylic oxidation sites excluding steroid dienone is 1. The van der Waals surface area contributed by atoms with Crippen molar-refractivity contribution in [3.8, 4) is 0 Å². The van der Waals surface area contributed by atoms with Gasteiger partial charge in [0.05, 0.1) is 0 Å². The Balaban J connectivity index is 2.05. The van der Waals surface area contributed by atoms with Gasteiger partial charge in [-0.1, -0.05) is 24.3 Å². The van der Waals surface area contributed by atoms with Gasteiger partial charge in [-0.2, -0.15) is 0 Å². The summed E-state index contributed by atoms with van der Waals surface area (Å²) >= 11 is 0. The van der Waals surface area contributed by atoms with Crippen LogP contribution in [0.15, 0.2) is 24.3 Å². The minimum absolute atomic E-state index is 0.649. The third kappa shape index (κ3) is 4.20. The summed E-state index contributed by atoms with van der Waals surface area (Å²) in [6.07, 6.45) is 12.1. The van der Waals surface area contributed by atoms with E-state index in [1.807, 2.05) is 0 Å².